The predicted octanol–water partition coefficient (Wildman–Crippen LogP) is 7.30. The van der Waals surface area contributed by atoms with Gasteiger partial charge in [0.2, 0.25) is 0 Å². The second kappa shape index (κ2) is 13.6. The normalized spacial score (nSPS) is 15.6. The van der Waals surface area contributed by atoms with Gasteiger partial charge in [0, 0.05) is 0 Å². The molecule has 0 spiro atoms. The molecule has 0 saturated heterocycles. The number of carbonyl (C=O) groups is 1. The van der Waals surface area contributed by atoms with Crippen molar-refractivity contribution in [3.05, 3.63) is 91.0 Å². The van der Waals surface area contributed by atoms with E-state index in [0.717, 1.165) is 6.42 Å². The summed E-state index contributed by atoms with van der Waals surface area (Å²) in [5, 5.41) is -5.67. The van der Waals surface area contributed by atoms with Crippen LogP contribution in [0.5, 0.6) is 0 Å². The van der Waals surface area contributed by atoms with Crippen molar-refractivity contribution in [2.45, 2.75) is 64.3 Å². The number of hydrogen-bond donors (Lipinski definition) is 1. The van der Waals surface area contributed by atoms with Gasteiger partial charge in [0.05, 0.1) is 16.8 Å². The summed E-state index contributed by atoms with van der Waals surface area (Å²) < 4.78 is 96.7. The fourth-order valence-corrected chi connectivity index (χ4v) is 6.65. The van der Waals surface area contributed by atoms with Crippen LogP contribution in [0.25, 0.3) is 0 Å². The summed E-state index contributed by atoms with van der Waals surface area (Å²) >= 11 is 0. The monoisotopic (exact) mass is 603 g/mol. The van der Waals surface area contributed by atoms with Crippen LogP contribution < -0.4 is 0 Å². The Bertz CT molecular complexity index is 1220. The molecule has 1 atom stereocenters. The molecule has 12 heteroatoms. The van der Waals surface area contributed by atoms with Crippen molar-refractivity contribution in [2.24, 2.45) is 5.92 Å². The first-order chi connectivity index (χ1) is 18.8. The highest BCUT2D eigenvalue weighted by Crippen LogP contribution is 2.39. The average molecular weight is 604 g/mol. The molecule has 1 fully saturated rings. The van der Waals surface area contributed by atoms with Crippen LogP contribution in [0.4, 0.5) is 22.0 Å². The Hall–Kier alpha value is -2.96. The highest BCUT2D eigenvalue weighted by molar-refractivity contribution is 7.97. The van der Waals surface area contributed by atoms with E-state index >= 15 is 0 Å². The molecule has 216 valence electrons. The Labute approximate surface area is 232 Å². The lowest BCUT2D eigenvalue weighted by Gasteiger charge is -2.28. The van der Waals surface area contributed by atoms with Crippen LogP contribution in [0, 0.1) is 5.92 Å². The number of ether oxygens (including phenoxy) is 1. The summed E-state index contributed by atoms with van der Waals surface area (Å²) in [5.74, 6) is -2.53. The number of benzene rings is 3. The summed E-state index contributed by atoms with van der Waals surface area (Å²) in [6.07, 6.45) is -7.90. The van der Waals surface area contributed by atoms with Gasteiger partial charge in [-0.3, -0.25) is 9.35 Å². The zero-order chi connectivity index (χ0) is 29.4. The van der Waals surface area contributed by atoms with E-state index in [1.54, 1.807) is 0 Å². The lowest BCUT2D eigenvalue weighted by Crippen LogP contribution is -2.52. The molecule has 0 heterocycles. The van der Waals surface area contributed by atoms with Gasteiger partial charge in [-0.2, -0.15) is 30.4 Å². The average Bonchev–Trinajstić information content (AvgIpc) is 2.93. The molecule has 5 nitrogen and oxygen atoms in total. The highest BCUT2D eigenvalue weighted by Gasteiger charge is 2.66. The Kier molecular flexibility index (Phi) is 10.7. The second-order valence-corrected chi connectivity index (χ2v) is 12.5. The maximum absolute atomic E-state index is 13.2. The van der Waals surface area contributed by atoms with Crippen molar-refractivity contribution in [3.63, 3.8) is 0 Å². The summed E-state index contributed by atoms with van der Waals surface area (Å²) in [6.45, 7) is 0. The van der Waals surface area contributed by atoms with Crippen LogP contribution in [-0.4, -0.2) is 36.5 Å². The molecule has 40 heavy (non-hydrogen) atoms. The maximum Gasteiger partial charge on any atom is 0.432 e. The van der Waals surface area contributed by atoms with E-state index in [9.17, 15) is 35.2 Å². The standard InChI is InChI=1S/C18H15S.C10H13F5O5S/c1-4-10-16(11-5-1)19(17-12-6-2-7-13-17)18-14-8-3-9-15-18;11-9(12,13)8(10(14,15)21(17,18)19)20-7(16)6-4-2-1-3-5-6/h1-15H;6,8H,1-5H2,(H,17,18,19)/q+1;. The third-order valence-corrected chi connectivity index (χ3v) is 9.19. The van der Waals surface area contributed by atoms with Gasteiger partial charge in [-0.15, -0.1) is 0 Å². The largest absolute Gasteiger partial charge is 0.444 e. The Morgan fingerprint density at radius 3 is 1.45 bits per heavy atom. The molecule has 0 aliphatic heterocycles. The van der Waals surface area contributed by atoms with Crippen molar-refractivity contribution in [1.29, 1.82) is 0 Å². The van der Waals surface area contributed by atoms with Gasteiger partial charge in [-0.1, -0.05) is 73.9 Å². The predicted molar refractivity (Wildman–Crippen MR) is 140 cm³/mol. The Balaban J connectivity index is 0.000000221. The van der Waals surface area contributed by atoms with Gasteiger partial charge < -0.3 is 4.74 Å². The van der Waals surface area contributed by atoms with Crippen LogP contribution >= 0.6 is 0 Å². The summed E-state index contributed by atoms with van der Waals surface area (Å²) in [5.41, 5.74) is 0. The zero-order valence-electron chi connectivity index (χ0n) is 21.1. The molecule has 0 amide bonds. The molecular weight excluding hydrogens is 575 g/mol. The zero-order valence-corrected chi connectivity index (χ0v) is 22.8. The number of rotatable bonds is 7. The van der Waals surface area contributed by atoms with Gasteiger partial charge in [-0.05, 0) is 49.2 Å². The summed E-state index contributed by atoms with van der Waals surface area (Å²) in [7, 11) is -6.41. The molecule has 1 N–H and O–H groups in total. The quantitative estimate of drug-likeness (QED) is 0.133. The minimum Gasteiger partial charge on any atom is -0.444 e. The van der Waals surface area contributed by atoms with Crippen LogP contribution in [0.2, 0.25) is 0 Å². The molecule has 1 aliphatic rings. The minimum atomic E-state index is -6.39. The molecule has 4 rings (SSSR count). The molecule has 0 radical (unpaired) electrons. The van der Waals surface area contributed by atoms with Crippen molar-refractivity contribution in [2.75, 3.05) is 0 Å². The van der Waals surface area contributed by atoms with Crippen molar-refractivity contribution >= 4 is 27.0 Å². The molecule has 1 aliphatic carbocycles. The van der Waals surface area contributed by atoms with Crippen LogP contribution in [0.3, 0.4) is 0 Å². The van der Waals surface area contributed by atoms with Crippen LogP contribution in [-0.2, 0) is 30.5 Å². The molecule has 0 aromatic heterocycles. The van der Waals surface area contributed by atoms with E-state index < -0.39 is 39.5 Å². The van der Waals surface area contributed by atoms with Gasteiger partial charge in [0.15, 0.2) is 14.7 Å². The fraction of sp³-hybridized carbons (Fsp3) is 0.321. The summed E-state index contributed by atoms with van der Waals surface area (Å²) in [4.78, 5) is 15.6. The molecular formula is C28H28F5O5S2+. The minimum absolute atomic E-state index is 0.0146. The van der Waals surface area contributed by atoms with E-state index in [0.29, 0.717) is 12.8 Å². The van der Waals surface area contributed by atoms with Crippen molar-refractivity contribution < 1.29 is 44.5 Å². The second-order valence-electron chi connectivity index (χ2n) is 8.98. The lowest BCUT2D eigenvalue weighted by molar-refractivity contribution is -0.261. The number of hydrogen-bond acceptors (Lipinski definition) is 4. The number of esters is 1. The van der Waals surface area contributed by atoms with E-state index in [4.69, 9.17) is 4.55 Å². The van der Waals surface area contributed by atoms with Gasteiger partial charge in [0.1, 0.15) is 0 Å². The molecule has 0 bridgehead atoms. The molecule has 3 aromatic rings. The lowest BCUT2D eigenvalue weighted by atomic mass is 9.89. The highest BCUT2D eigenvalue weighted by atomic mass is 32.2. The molecule has 3 aromatic carbocycles. The van der Waals surface area contributed by atoms with Crippen molar-refractivity contribution in [1.82, 2.24) is 0 Å². The smallest absolute Gasteiger partial charge is 0.432 e. The topological polar surface area (TPSA) is 80.7 Å². The number of carbonyl (C=O) groups excluding carboxylic acids is 1. The maximum atomic E-state index is 13.2. The van der Waals surface area contributed by atoms with E-state index in [2.05, 4.69) is 95.7 Å². The van der Waals surface area contributed by atoms with Gasteiger partial charge >= 0.3 is 27.5 Å². The van der Waals surface area contributed by atoms with Gasteiger partial charge in [-0.25, -0.2) is 0 Å². The number of halogens is 5. The van der Waals surface area contributed by atoms with Crippen LogP contribution in [0.15, 0.2) is 106 Å². The van der Waals surface area contributed by atoms with E-state index in [-0.39, 0.29) is 23.7 Å². The third kappa shape index (κ3) is 8.28. The first-order valence-electron chi connectivity index (χ1n) is 12.3. The molecule has 1 unspecified atom stereocenters. The SMILES string of the molecule is O=C(OC(C(F)(F)F)C(F)(F)S(=O)(=O)O)C1CCCCC1.c1ccc([S+](c2ccccc2)c2ccccc2)cc1. The summed E-state index contributed by atoms with van der Waals surface area (Å²) in [6, 6.07) is 32.2. The van der Waals surface area contributed by atoms with Crippen LogP contribution in [0.1, 0.15) is 32.1 Å². The van der Waals surface area contributed by atoms with E-state index in [1.807, 2.05) is 0 Å². The Morgan fingerprint density at radius 2 is 1.12 bits per heavy atom. The van der Waals surface area contributed by atoms with Crippen molar-refractivity contribution in [3.8, 4) is 0 Å². The third-order valence-electron chi connectivity index (χ3n) is 6.06. The first-order valence-corrected chi connectivity index (χ1v) is 15.0. The Morgan fingerprint density at radius 1 is 0.750 bits per heavy atom. The number of alkyl halides is 5. The first kappa shape index (κ1) is 31.6. The molecule has 1 saturated carbocycles. The fourth-order valence-electron chi connectivity index (χ4n) is 4.09. The van der Waals surface area contributed by atoms with E-state index in [1.165, 1.54) is 14.7 Å². The van der Waals surface area contributed by atoms with Gasteiger partial charge in [0.25, 0.3) is 6.10 Å².